The van der Waals surface area contributed by atoms with E-state index in [4.69, 9.17) is 22.6 Å². The zero-order valence-corrected chi connectivity index (χ0v) is 25.7. The van der Waals surface area contributed by atoms with Gasteiger partial charge in [0, 0.05) is 0 Å². The Morgan fingerprint density at radius 3 is 0.976 bits per heavy atom. The fourth-order valence-electron chi connectivity index (χ4n) is 5.32. The maximum absolute atomic E-state index is 7.16. The Hall–Kier alpha value is -4.47. The number of fused-ring (bicyclic) bond motifs is 3. The number of hydrogen-bond donors (Lipinski definition) is 0. The van der Waals surface area contributed by atoms with Gasteiger partial charge in [0.15, 0.2) is 0 Å². The van der Waals surface area contributed by atoms with Gasteiger partial charge in [0.25, 0.3) is 0 Å². The second-order valence-electron chi connectivity index (χ2n) is 10.9. The van der Waals surface area contributed by atoms with Gasteiger partial charge in [-0.2, -0.15) is 0 Å². The van der Waals surface area contributed by atoms with E-state index in [-0.39, 0.29) is 0 Å². The average Bonchev–Trinajstić information content (AvgIpc) is 3.08. The zero-order valence-electron chi connectivity index (χ0n) is 24.8. The van der Waals surface area contributed by atoms with Crippen LogP contribution in [0.1, 0.15) is 33.4 Å². The van der Waals surface area contributed by atoms with Crippen molar-refractivity contribution in [3.05, 3.63) is 137 Å². The van der Waals surface area contributed by atoms with Crippen molar-refractivity contribution in [1.82, 2.24) is 0 Å². The van der Waals surface area contributed by atoms with Crippen molar-refractivity contribution in [3.63, 3.8) is 0 Å². The molecule has 0 amide bonds. The molecule has 42 heavy (non-hydrogen) atoms. The molecular formula is C36H35O5P. The quantitative estimate of drug-likeness (QED) is 0.188. The molecule has 0 saturated carbocycles. The zero-order chi connectivity index (χ0) is 29.5. The summed E-state index contributed by atoms with van der Waals surface area (Å²) in [5.41, 5.74) is 7.07. The Labute approximate surface area is 248 Å². The molecule has 214 valence electrons. The molecule has 5 aromatic carbocycles. The van der Waals surface area contributed by atoms with E-state index in [1.165, 1.54) is 0 Å². The Balaban J connectivity index is 1.74. The molecule has 5 nitrogen and oxygen atoms in total. The predicted octanol–water partition coefficient (Wildman–Crippen LogP) is 10.3. The van der Waals surface area contributed by atoms with Crippen LogP contribution in [0.5, 0.6) is 28.7 Å². The minimum absolute atomic E-state index is 0.531. The van der Waals surface area contributed by atoms with Crippen molar-refractivity contribution in [2.24, 2.45) is 0 Å². The second-order valence-corrected chi connectivity index (χ2v) is 13.3. The van der Waals surface area contributed by atoms with Gasteiger partial charge in [-0.3, -0.25) is 0 Å². The van der Waals surface area contributed by atoms with Crippen LogP contribution in [0, 0.1) is 41.5 Å². The fraction of sp³-hybridized carbons (Fsp3) is 0.167. The van der Waals surface area contributed by atoms with Crippen LogP contribution < -0.4 is 22.6 Å². The van der Waals surface area contributed by atoms with Crippen LogP contribution in [0.25, 0.3) is 11.1 Å². The molecule has 5 aromatic rings. The van der Waals surface area contributed by atoms with E-state index in [2.05, 4.69) is 0 Å². The molecule has 1 aliphatic heterocycles. The van der Waals surface area contributed by atoms with Gasteiger partial charge in [-0.1, -0.05) is 0 Å². The first-order valence-corrected chi connectivity index (χ1v) is 15.9. The van der Waals surface area contributed by atoms with E-state index in [9.17, 15) is 0 Å². The number of hydrogen-bond acceptors (Lipinski definition) is 5. The van der Waals surface area contributed by atoms with Crippen LogP contribution in [-0.4, -0.2) is 0 Å². The first-order valence-electron chi connectivity index (χ1n) is 14.1. The second kappa shape index (κ2) is 10.4. The number of para-hydroxylation sites is 5. The van der Waals surface area contributed by atoms with Gasteiger partial charge in [0.05, 0.1) is 0 Å². The average molecular weight is 579 g/mol. The van der Waals surface area contributed by atoms with Crippen molar-refractivity contribution in [3.8, 4) is 39.9 Å². The fourth-order valence-corrected chi connectivity index (χ4v) is 8.41. The van der Waals surface area contributed by atoms with Crippen LogP contribution in [0.2, 0.25) is 0 Å². The monoisotopic (exact) mass is 578 g/mol. The molecule has 1 heterocycles. The molecule has 0 N–H and O–H groups in total. The molecule has 0 bridgehead atoms. The van der Waals surface area contributed by atoms with E-state index in [0.29, 0.717) is 28.7 Å². The number of benzene rings is 5. The van der Waals surface area contributed by atoms with Gasteiger partial charge >= 0.3 is 248 Å². The van der Waals surface area contributed by atoms with Gasteiger partial charge in [-0.15, -0.1) is 0 Å². The Morgan fingerprint density at radius 2 is 0.667 bits per heavy atom. The molecular weight excluding hydrogens is 543 g/mol. The van der Waals surface area contributed by atoms with E-state index in [1.54, 1.807) is 0 Å². The van der Waals surface area contributed by atoms with Crippen molar-refractivity contribution >= 4 is 7.74 Å². The molecule has 0 spiro atoms. The molecule has 0 atom stereocenters. The van der Waals surface area contributed by atoms with Crippen LogP contribution in [0.3, 0.4) is 0 Å². The summed E-state index contributed by atoms with van der Waals surface area (Å²) < 4.78 is 35.7. The van der Waals surface area contributed by atoms with Crippen molar-refractivity contribution in [1.29, 1.82) is 0 Å². The molecule has 1 aliphatic rings. The summed E-state index contributed by atoms with van der Waals surface area (Å²) in [5, 5.41) is 0. The third kappa shape index (κ3) is 4.84. The Morgan fingerprint density at radius 1 is 0.381 bits per heavy atom. The maximum atomic E-state index is 7.16. The summed E-state index contributed by atoms with van der Waals surface area (Å²) in [6.07, 6.45) is 0. The van der Waals surface area contributed by atoms with Gasteiger partial charge in [-0.25, -0.2) is 0 Å². The van der Waals surface area contributed by atoms with E-state index >= 15 is 0 Å². The third-order valence-corrected chi connectivity index (χ3v) is 9.94. The normalized spacial score (nSPS) is 15.3. The molecule has 0 aromatic heterocycles. The van der Waals surface area contributed by atoms with Crippen LogP contribution >= 0.6 is 7.74 Å². The van der Waals surface area contributed by atoms with E-state index in [0.717, 1.165) is 44.5 Å². The standard InChI is InChI=1S/C36H35O5P/c1-24-14-11-15-25(2)34(24)39-42(40-35-26(3)16-12-17-27(35)4,41-36-28(5)18-13-19-29(36)6)37-32-22-9-7-20-30(32)31-21-8-10-23-33(31)38-42/h7-23H,1-6H3. The molecule has 0 aliphatic carbocycles. The third-order valence-electron chi connectivity index (χ3n) is 7.51. The van der Waals surface area contributed by atoms with E-state index in [1.807, 2.05) is 145 Å². The summed E-state index contributed by atoms with van der Waals surface area (Å²) in [7, 11) is -5.23. The van der Waals surface area contributed by atoms with Gasteiger partial charge in [0.1, 0.15) is 0 Å². The topological polar surface area (TPSA) is 46.2 Å². The van der Waals surface area contributed by atoms with Gasteiger partial charge in [-0.05, 0) is 0 Å². The first-order chi connectivity index (χ1) is 20.2. The van der Waals surface area contributed by atoms with Crippen LogP contribution in [0.15, 0.2) is 103 Å². The number of rotatable bonds is 6. The molecule has 0 fully saturated rings. The van der Waals surface area contributed by atoms with Crippen molar-refractivity contribution in [2.75, 3.05) is 0 Å². The predicted molar refractivity (Wildman–Crippen MR) is 170 cm³/mol. The summed E-state index contributed by atoms with van der Waals surface area (Å²) >= 11 is 0. The molecule has 0 unspecified atom stereocenters. The summed E-state index contributed by atoms with van der Waals surface area (Å²) in [5.74, 6) is 2.78. The molecule has 6 heteroatoms. The van der Waals surface area contributed by atoms with Gasteiger partial charge in [0.2, 0.25) is 0 Å². The molecule has 0 saturated heterocycles. The number of aryl methyl sites for hydroxylation is 6. The summed E-state index contributed by atoms with van der Waals surface area (Å²) in [6, 6.07) is 33.6. The minimum atomic E-state index is -5.23. The van der Waals surface area contributed by atoms with Crippen molar-refractivity contribution in [2.45, 2.75) is 41.5 Å². The summed E-state index contributed by atoms with van der Waals surface area (Å²) in [4.78, 5) is 0. The van der Waals surface area contributed by atoms with Crippen molar-refractivity contribution < 1.29 is 22.6 Å². The Bertz CT molecular complexity index is 1570. The molecule has 6 rings (SSSR count). The summed E-state index contributed by atoms with van der Waals surface area (Å²) in [6.45, 7) is 12.0. The Kier molecular flexibility index (Phi) is 6.87. The van der Waals surface area contributed by atoms with Gasteiger partial charge < -0.3 is 0 Å². The molecule has 0 radical (unpaired) electrons. The van der Waals surface area contributed by atoms with E-state index < -0.39 is 7.74 Å². The first kappa shape index (κ1) is 27.7. The van der Waals surface area contributed by atoms with Crippen LogP contribution in [-0.2, 0) is 0 Å². The SMILES string of the molecule is Cc1cccc(C)c1OP1(Oc2c(C)cccc2C)(Oc2c(C)cccc2C)Oc2ccccc2-c2ccccc2O1. The van der Waals surface area contributed by atoms with Crippen LogP contribution in [0.4, 0.5) is 0 Å².